The quantitative estimate of drug-likeness (QED) is 0.728. The summed E-state index contributed by atoms with van der Waals surface area (Å²) in [5.74, 6) is 0.227. The first-order valence-corrected chi connectivity index (χ1v) is 6.68. The van der Waals surface area contributed by atoms with Gasteiger partial charge in [-0.05, 0) is 30.5 Å². The highest BCUT2D eigenvalue weighted by Crippen LogP contribution is 2.35. The van der Waals surface area contributed by atoms with Crippen molar-refractivity contribution in [3.8, 4) is 5.75 Å². The molecule has 4 nitrogen and oxygen atoms in total. The topological polar surface area (TPSA) is 79.1 Å². The van der Waals surface area contributed by atoms with Crippen LogP contribution in [0.1, 0.15) is 22.6 Å². The number of aromatic hydroxyl groups is 1. The van der Waals surface area contributed by atoms with Gasteiger partial charge in [-0.2, -0.15) is 0 Å². The molecule has 0 amide bonds. The number of hydrogen-bond acceptors (Lipinski definition) is 4. The third-order valence-electron chi connectivity index (χ3n) is 3.52. The Morgan fingerprint density at radius 2 is 2.28 bits per heavy atom. The van der Waals surface area contributed by atoms with E-state index in [9.17, 15) is 9.90 Å². The van der Waals surface area contributed by atoms with E-state index in [-0.39, 0.29) is 10.6 Å². The zero-order valence-corrected chi connectivity index (χ0v) is 10.6. The first-order chi connectivity index (χ1) is 8.57. The first-order valence-electron chi connectivity index (χ1n) is 5.86. The van der Waals surface area contributed by atoms with Crippen LogP contribution in [0.2, 0.25) is 0 Å². The number of phenolic OH excluding ortho intramolecular Hbond substituents is 1. The number of nitrogens with one attached hydrogen (secondary N) is 1. The fourth-order valence-corrected chi connectivity index (χ4v) is 3.53. The minimum Gasteiger partial charge on any atom is -0.508 e. The third kappa shape index (κ3) is 1.85. The standard InChI is InChI=1S/C13H14N2O2S/c14-13(8-2-1-3-9(16)6-8)5-4-10-11(7-13)18-12(17)15-10/h1-3,6,16H,4-5,7,14H2,(H,15,17). The van der Waals surface area contributed by atoms with Crippen LogP contribution in [0, 0.1) is 0 Å². The zero-order valence-electron chi connectivity index (χ0n) is 9.77. The summed E-state index contributed by atoms with van der Waals surface area (Å²) in [6, 6.07) is 7.07. The first kappa shape index (κ1) is 11.5. The van der Waals surface area contributed by atoms with Gasteiger partial charge in [0.15, 0.2) is 0 Å². The minimum atomic E-state index is -0.489. The Morgan fingerprint density at radius 3 is 3.06 bits per heavy atom. The van der Waals surface area contributed by atoms with Crippen LogP contribution in [0.5, 0.6) is 5.75 Å². The molecule has 0 fully saturated rings. The number of phenols is 1. The molecule has 3 rings (SSSR count). The highest BCUT2D eigenvalue weighted by molar-refractivity contribution is 7.09. The van der Waals surface area contributed by atoms with E-state index in [4.69, 9.17) is 5.73 Å². The number of aromatic nitrogens is 1. The molecular weight excluding hydrogens is 248 g/mol. The van der Waals surface area contributed by atoms with Gasteiger partial charge in [0.2, 0.25) is 0 Å². The summed E-state index contributed by atoms with van der Waals surface area (Å²) >= 11 is 1.24. The lowest BCUT2D eigenvalue weighted by Gasteiger charge is -2.33. The van der Waals surface area contributed by atoms with Crippen LogP contribution >= 0.6 is 11.3 Å². The SMILES string of the molecule is NC1(c2cccc(O)c2)CCc2[nH]c(=O)sc2C1. The molecule has 1 aliphatic carbocycles. The molecule has 1 aliphatic rings. The van der Waals surface area contributed by atoms with Crippen molar-refractivity contribution >= 4 is 11.3 Å². The molecule has 1 aromatic carbocycles. The Labute approximate surface area is 108 Å². The minimum absolute atomic E-state index is 0.0137. The average Bonchev–Trinajstić information content (AvgIpc) is 2.68. The Kier molecular flexibility index (Phi) is 2.53. The van der Waals surface area contributed by atoms with Crippen LogP contribution in [0.15, 0.2) is 29.1 Å². The number of thiazole rings is 1. The van der Waals surface area contributed by atoms with Gasteiger partial charge in [0.1, 0.15) is 5.75 Å². The number of aromatic amines is 1. The van der Waals surface area contributed by atoms with Crippen molar-refractivity contribution in [2.24, 2.45) is 5.73 Å². The van der Waals surface area contributed by atoms with Gasteiger partial charge in [-0.25, -0.2) is 0 Å². The normalized spacial score (nSPS) is 22.7. The molecule has 0 aliphatic heterocycles. The van der Waals surface area contributed by atoms with Crippen LogP contribution in [-0.4, -0.2) is 10.1 Å². The largest absolute Gasteiger partial charge is 0.508 e. The Hall–Kier alpha value is -1.59. The van der Waals surface area contributed by atoms with Crippen molar-refractivity contribution in [2.75, 3.05) is 0 Å². The van der Waals surface area contributed by atoms with Crippen molar-refractivity contribution in [2.45, 2.75) is 24.8 Å². The van der Waals surface area contributed by atoms with Gasteiger partial charge in [-0.3, -0.25) is 4.79 Å². The molecule has 1 unspecified atom stereocenters. The van der Waals surface area contributed by atoms with E-state index >= 15 is 0 Å². The highest BCUT2D eigenvalue weighted by atomic mass is 32.1. The molecule has 0 radical (unpaired) electrons. The lowest BCUT2D eigenvalue weighted by Crippen LogP contribution is -2.41. The average molecular weight is 262 g/mol. The number of fused-ring (bicyclic) bond motifs is 1. The van der Waals surface area contributed by atoms with Gasteiger partial charge >= 0.3 is 4.87 Å². The molecule has 5 heteroatoms. The van der Waals surface area contributed by atoms with E-state index in [1.807, 2.05) is 6.07 Å². The van der Waals surface area contributed by atoms with E-state index in [0.717, 1.165) is 29.0 Å². The summed E-state index contributed by atoms with van der Waals surface area (Å²) in [7, 11) is 0. The van der Waals surface area contributed by atoms with Crippen LogP contribution < -0.4 is 10.6 Å². The fraction of sp³-hybridized carbons (Fsp3) is 0.308. The zero-order chi connectivity index (χ0) is 12.8. The molecule has 1 heterocycles. The monoisotopic (exact) mass is 262 g/mol. The highest BCUT2D eigenvalue weighted by Gasteiger charge is 2.33. The van der Waals surface area contributed by atoms with Crippen LogP contribution in [0.3, 0.4) is 0 Å². The second kappa shape index (κ2) is 3.96. The molecule has 0 saturated heterocycles. The van der Waals surface area contributed by atoms with Gasteiger partial charge in [0.05, 0.1) is 0 Å². The third-order valence-corrected chi connectivity index (χ3v) is 4.45. The lowest BCUT2D eigenvalue weighted by atomic mass is 9.78. The van der Waals surface area contributed by atoms with Gasteiger partial charge in [0.25, 0.3) is 0 Å². The second-order valence-electron chi connectivity index (χ2n) is 4.80. The molecule has 4 N–H and O–H groups in total. The van der Waals surface area contributed by atoms with E-state index < -0.39 is 5.54 Å². The number of benzene rings is 1. The number of hydrogen-bond donors (Lipinski definition) is 3. The van der Waals surface area contributed by atoms with Gasteiger partial charge in [-0.1, -0.05) is 23.5 Å². The molecule has 18 heavy (non-hydrogen) atoms. The van der Waals surface area contributed by atoms with Crippen molar-refractivity contribution in [1.29, 1.82) is 0 Å². The summed E-state index contributed by atoms with van der Waals surface area (Å²) in [5.41, 5.74) is 7.91. The Bertz CT molecular complexity index is 646. The Morgan fingerprint density at radius 1 is 1.44 bits per heavy atom. The van der Waals surface area contributed by atoms with Crippen molar-refractivity contribution in [3.05, 3.63) is 50.1 Å². The summed E-state index contributed by atoms with van der Waals surface area (Å²) in [6.45, 7) is 0. The maximum atomic E-state index is 11.3. The lowest BCUT2D eigenvalue weighted by molar-refractivity contribution is 0.383. The van der Waals surface area contributed by atoms with Crippen molar-refractivity contribution < 1.29 is 5.11 Å². The maximum absolute atomic E-state index is 11.3. The van der Waals surface area contributed by atoms with E-state index in [2.05, 4.69) is 4.98 Å². The van der Waals surface area contributed by atoms with Gasteiger partial charge < -0.3 is 15.8 Å². The number of H-pyrrole nitrogens is 1. The molecule has 0 bridgehead atoms. The van der Waals surface area contributed by atoms with E-state index in [0.29, 0.717) is 6.42 Å². The molecule has 1 aromatic heterocycles. The molecule has 0 saturated carbocycles. The smallest absolute Gasteiger partial charge is 0.304 e. The predicted molar refractivity (Wildman–Crippen MR) is 70.9 cm³/mol. The molecule has 2 aromatic rings. The van der Waals surface area contributed by atoms with Crippen LogP contribution in [0.25, 0.3) is 0 Å². The summed E-state index contributed by atoms with van der Waals surface area (Å²) < 4.78 is 0. The molecular formula is C13H14N2O2S. The molecule has 1 atom stereocenters. The molecule has 0 spiro atoms. The molecule has 94 valence electrons. The van der Waals surface area contributed by atoms with Gasteiger partial charge in [0, 0.05) is 22.5 Å². The van der Waals surface area contributed by atoms with E-state index in [1.165, 1.54) is 11.3 Å². The maximum Gasteiger partial charge on any atom is 0.304 e. The Balaban J connectivity index is 2.01. The number of aryl methyl sites for hydroxylation is 1. The van der Waals surface area contributed by atoms with Crippen LogP contribution in [-0.2, 0) is 18.4 Å². The fourth-order valence-electron chi connectivity index (χ4n) is 2.52. The second-order valence-corrected chi connectivity index (χ2v) is 5.87. The number of rotatable bonds is 1. The number of nitrogens with two attached hydrogens (primary N) is 1. The van der Waals surface area contributed by atoms with E-state index in [1.54, 1.807) is 18.2 Å². The predicted octanol–water partition coefficient (Wildman–Crippen LogP) is 1.48. The summed E-state index contributed by atoms with van der Waals surface area (Å²) in [5, 5.41) is 9.55. The van der Waals surface area contributed by atoms with Crippen LogP contribution in [0.4, 0.5) is 0 Å². The van der Waals surface area contributed by atoms with Gasteiger partial charge in [-0.15, -0.1) is 0 Å². The van der Waals surface area contributed by atoms with Crippen molar-refractivity contribution in [3.63, 3.8) is 0 Å². The van der Waals surface area contributed by atoms with Crippen molar-refractivity contribution in [1.82, 2.24) is 4.98 Å². The summed E-state index contributed by atoms with van der Waals surface area (Å²) in [6.07, 6.45) is 2.20. The summed E-state index contributed by atoms with van der Waals surface area (Å²) in [4.78, 5) is 15.2.